The van der Waals surface area contributed by atoms with Gasteiger partial charge in [0.1, 0.15) is 23.6 Å². The minimum Gasteiger partial charge on any atom is -0.395 e. The van der Waals surface area contributed by atoms with Gasteiger partial charge < -0.3 is 14.2 Å². The number of hydrogen-bond acceptors (Lipinski definition) is 6. The van der Waals surface area contributed by atoms with Gasteiger partial charge in [-0.25, -0.2) is 4.39 Å². The number of rotatable bonds is 3. The molecule has 2 aromatic heterocycles. The Kier molecular flexibility index (Phi) is 4.63. The first kappa shape index (κ1) is 21.0. The van der Waals surface area contributed by atoms with Gasteiger partial charge in [-0.3, -0.25) is 4.40 Å². The fraction of sp³-hybridized carbons (Fsp3) is 0.273. The lowest BCUT2D eigenvalue weighted by Gasteiger charge is -2.25. The molecule has 2 aromatic carbocycles. The van der Waals surface area contributed by atoms with Crippen molar-refractivity contribution in [2.45, 2.75) is 32.0 Å². The molecule has 10 heteroatoms. The van der Waals surface area contributed by atoms with Crippen molar-refractivity contribution in [1.82, 2.24) is 19.6 Å². The van der Waals surface area contributed by atoms with Crippen molar-refractivity contribution < 1.29 is 13.7 Å². The Labute approximate surface area is 190 Å². The smallest absolute Gasteiger partial charge is 0.395 e. The summed E-state index contributed by atoms with van der Waals surface area (Å²) in [5.74, 6) is 0.586. The van der Waals surface area contributed by atoms with Crippen LogP contribution < -0.4 is 10.4 Å². The molecule has 1 fully saturated rings. The number of nitrogens with zero attached hydrogens (tertiary/aromatic N) is 5. The summed E-state index contributed by atoms with van der Waals surface area (Å²) in [6.45, 7) is 9.77. The third kappa shape index (κ3) is 3.28. The molecule has 0 spiro atoms. The molecule has 3 heterocycles. The van der Waals surface area contributed by atoms with E-state index in [-0.39, 0.29) is 0 Å². The largest absolute Gasteiger partial charge is 0.498 e. The lowest BCUT2D eigenvalue weighted by atomic mass is 9.79. The molecule has 0 N–H and O–H groups in total. The van der Waals surface area contributed by atoms with Crippen LogP contribution in [-0.2, 0) is 9.31 Å². The quantitative estimate of drug-likeness (QED) is 0.346. The van der Waals surface area contributed by atoms with E-state index in [2.05, 4.69) is 22.1 Å². The van der Waals surface area contributed by atoms with Crippen LogP contribution in [0.1, 0.15) is 20.8 Å². The Balaban J connectivity index is 1.61. The first-order valence-electron chi connectivity index (χ1n) is 10.1. The Morgan fingerprint density at radius 1 is 1.16 bits per heavy atom. The zero-order valence-corrected chi connectivity index (χ0v) is 18.9. The zero-order valence-electron chi connectivity index (χ0n) is 18.1. The van der Waals surface area contributed by atoms with Crippen molar-refractivity contribution in [3.63, 3.8) is 0 Å². The lowest BCUT2D eigenvalue weighted by Crippen LogP contribution is -2.42. The Hall–Kier alpha value is -2.88. The number of fused-ring (bicyclic) bond motifs is 3. The first-order valence-corrected chi connectivity index (χ1v) is 10.5. The Morgan fingerprint density at radius 2 is 1.94 bits per heavy atom. The van der Waals surface area contributed by atoms with Crippen LogP contribution in [0.4, 0.5) is 15.9 Å². The summed E-state index contributed by atoms with van der Waals surface area (Å²) in [6, 6.07) is 10.1. The van der Waals surface area contributed by atoms with Gasteiger partial charge in [-0.05, 0) is 55.7 Å². The molecule has 162 valence electrons. The van der Waals surface area contributed by atoms with Gasteiger partial charge in [-0.15, -0.1) is 10.2 Å². The average molecular weight is 453 g/mol. The number of aromatic nitrogens is 4. The lowest BCUT2D eigenvalue weighted by molar-refractivity contribution is 0.0262. The molecule has 1 aliphatic heterocycles. The molecule has 32 heavy (non-hydrogen) atoms. The molecular weight excluding hydrogens is 432 g/mol. The van der Waals surface area contributed by atoms with Crippen LogP contribution in [0, 0.1) is 12.7 Å². The van der Waals surface area contributed by atoms with Crippen molar-refractivity contribution in [2.24, 2.45) is 0 Å². The number of halogens is 2. The maximum absolute atomic E-state index is 14.7. The van der Waals surface area contributed by atoms with Crippen molar-refractivity contribution in [2.75, 3.05) is 11.9 Å². The normalized spacial score (nSPS) is 20.4. The predicted molar refractivity (Wildman–Crippen MR) is 123 cm³/mol. The van der Waals surface area contributed by atoms with E-state index in [1.807, 2.05) is 46.0 Å². The Bertz CT molecular complexity index is 1340. The van der Waals surface area contributed by atoms with Gasteiger partial charge in [0.2, 0.25) is 5.60 Å². The molecular formula is C22H21BClFN5O2+. The topological polar surface area (TPSA) is 64.8 Å². The molecule has 1 saturated heterocycles. The predicted octanol–water partition coefficient (Wildman–Crippen LogP) is 3.95. The third-order valence-electron chi connectivity index (χ3n) is 6.12. The van der Waals surface area contributed by atoms with Crippen molar-refractivity contribution in [3.8, 4) is 0 Å². The monoisotopic (exact) mass is 452 g/mol. The van der Waals surface area contributed by atoms with Gasteiger partial charge in [0, 0.05) is 30.1 Å². The van der Waals surface area contributed by atoms with Crippen LogP contribution in [0.25, 0.3) is 16.7 Å². The van der Waals surface area contributed by atoms with Gasteiger partial charge in [0.15, 0.2) is 0 Å². The van der Waals surface area contributed by atoms with E-state index >= 15 is 0 Å². The standard InChI is InChI=1S/C22H21BClFN5O2/c1-21(2)22(3,4)32-23(31-21)13-8-15(25)11-16(9-13)29(5)19-17-7-6-14(24)10-18(17)30-12-26-28-20(30)27-19/h6-12H,1H2,2-5H3/q+1. The van der Waals surface area contributed by atoms with E-state index < -0.39 is 24.1 Å². The highest BCUT2D eigenvalue weighted by molar-refractivity contribution is 6.62. The SMILES string of the molecule is [CH2+]C1(C)OB(c2cc(F)cc(N(C)c3nc4nncn4c4cc(Cl)ccc34)c2)OC1(C)C. The molecule has 1 atom stereocenters. The van der Waals surface area contributed by atoms with Crippen LogP contribution >= 0.6 is 11.6 Å². The summed E-state index contributed by atoms with van der Waals surface area (Å²) in [4.78, 5) is 6.44. The Morgan fingerprint density at radius 3 is 2.66 bits per heavy atom. The fourth-order valence-electron chi connectivity index (χ4n) is 3.76. The van der Waals surface area contributed by atoms with Crippen molar-refractivity contribution >= 4 is 52.4 Å². The van der Waals surface area contributed by atoms with Crippen LogP contribution in [0.2, 0.25) is 5.02 Å². The fourth-order valence-corrected chi connectivity index (χ4v) is 3.92. The van der Waals surface area contributed by atoms with Crippen molar-refractivity contribution in [1.29, 1.82) is 0 Å². The first-order chi connectivity index (χ1) is 15.1. The van der Waals surface area contributed by atoms with Gasteiger partial charge in [0.25, 0.3) is 5.78 Å². The second-order valence-corrected chi connectivity index (χ2v) is 9.14. The highest BCUT2D eigenvalue weighted by Crippen LogP contribution is 2.37. The second kappa shape index (κ2) is 7.06. The summed E-state index contributed by atoms with van der Waals surface area (Å²) in [6.07, 6.45) is 1.58. The molecule has 1 unspecified atom stereocenters. The van der Waals surface area contributed by atoms with Gasteiger partial charge in [-0.1, -0.05) is 11.6 Å². The van der Waals surface area contributed by atoms with Gasteiger partial charge in [0.05, 0.1) is 12.4 Å². The molecule has 1 aliphatic rings. The van der Waals surface area contributed by atoms with Crippen LogP contribution in [0.5, 0.6) is 0 Å². The molecule has 0 aliphatic carbocycles. The molecule has 4 aromatic rings. The van der Waals surface area contributed by atoms with E-state index in [0.29, 0.717) is 27.8 Å². The van der Waals surface area contributed by atoms with Crippen LogP contribution in [0.15, 0.2) is 42.7 Å². The average Bonchev–Trinajstić information content (AvgIpc) is 3.28. The minimum absolute atomic E-state index is 0.412. The molecule has 0 amide bonds. The van der Waals surface area contributed by atoms with Gasteiger partial charge >= 0.3 is 7.12 Å². The van der Waals surface area contributed by atoms with Crippen LogP contribution in [0.3, 0.4) is 0 Å². The number of hydrogen-bond donors (Lipinski definition) is 0. The number of anilines is 2. The summed E-state index contributed by atoms with van der Waals surface area (Å²) >= 11 is 6.22. The van der Waals surface area contributed by atoms with E-state index in [1.165, 1.54) is 12.1 Å². The highest BCUT2D eigenvalue weighted by Gasteiger charge is 2.57. The van der Waals surface area contributed by atoms with Crippen LogP contribution in [-0.4, -0.2) is 45.0 Å². The zero-order chi connectivity index (χ0) is 22.8. The minimum atomic E-state index is -0.772. The summed E-state index contributed by atoms with van der Waals surface area (Å²) in [5, 5.41) is 9.42. The van der Waals surface area contributed by atoms with E-state index in [4.69, 9.17) is 20.9 Å². The maximum Gasteiger partial charge on any atom is 0.498 e. The molecule has 0 bridgehead atoms. The number of benzene rings is 2. The van der Waals surface area contributed by atoms with Gasteiger partial charge in [-0.2, -0.15) is 4.98 Å². The second-order valence-electron chi connectivity index (χ2n) is 8.71. The van der Waals surface area contributed by atoms with E-state index in [1.54, 1.807) is 21.7 Å². The molecule has 5 rings (SSSR count). The molecule has 0 saturated carbocycles. The summed E-state index contributed by atoms with van der Waals surface area (Å²) in [7, 11) is 1.07. The maximum atomic E-state index is 14.7. The molecule has 0 radical (unpaired) electrons. The highest BCUT2D eigenvalue weighted by atomic mass is 35.5. The van der Waals surface area contributed by atoms with E-state index in [0.717, 1.165) is 10.9 Å². The summed E-state index contributed by atoms with van der Waals surface area (Å²) < 4.78 is 28.5. The van der Waals surface area contributed by atoms with Crippen molar-refractivity contribution in [3.05, 3.63) is 60.5 Å². The summed E-state index contributed by atoms with van der Waals surface area (Å²) in [5.41, 5.74) is 0.527. The third-order valence-corrected chi connectivity index (χ3v) is 6.36. The van der Waals surface area contributed by atoms with E-state index in [9.17, 15) is 4.39 Å². The molecule has 7 nitrogen and oxygen atoms in total.